The molecule has 1 amide bonds. The number of carbonyl (C=O) groups is 1. The number of amides is 1. The van der Waals surface area contributed by atoms with Crippen LogP contribution in [0.25, 0.3) is 6.08 Å². The third-order valence-corrected chi connectivity index (χ3v) is 5.75. The molecule has 1 atom stereocenters. The molecule has 2 fully saturated rings. The summed E-state index contributed by atoms with van der Waals surface area (Å²) in [7, 11) is 1.38. The molecule has 2 heterocycles. The normalized spacial score (nSPS) is 19.1. The second-order valence-electron chi connectivity index (χ2n) is 7.70. The maximum atomic E-state index is 13.9. The Kier molecular flexibility index (Phi) is 7.03. The molecule has 2 aromatic rings. The molecule has 1 unspecified atom stereocenters. The molecule has 0 radical (unpaired) electrons. The second-order valence-corrected chi connectivity index (χ2v) is 8.08. The number of rotatable bonds is 7. The van der Waals surface area contributed by atoms with Crippen LogP contribution >= 0.6 is 12.2 Å². The van der Waals surface area contributed by atoms with E-state index in [0.29, 0.717) is 30.0 Å². The number of carbonyl (C=O) groups excluding carboxylic acids is 1. The zero-order valence-corrected chi connectivity index (χ0v) is 18.8. The van der Waals surface area contributed by atoms with Gasteiger partial charge in [0.1, 0.15) is 18.1 Å². The number of benzene rings is 2. The Balaban J connectivity index is 1.54. The van der Waals surface area contributed by atoms with Gasteiger partial charge in [0.15, 0.2) is 22.5 Å². The molecule has 180 valence electrons. The van der Waals surface area contributed by atoms with Gasteiger partial charge in [0.25, 0.3) is 5.91 Å². The first-order chi connectivity index (χ1) is 16.3. The molecule has 0 bridgehead atoms. The third-order valence-electron chi connectivity index (χ3n) is 5.43. The first kappa shape index (κ1) is 24.0. The molecule has 4 rings (SSSR count). The first-order valence-corrected chi connectivity index (χ1v) is 10.8. The fraction of sp³-hybridized carbons (Fsp3) is 0.304. The van der Waals surface area contributed by atoms with Crippen molar-refractivity contribution in [3.63, 3.8) is 0 Å². The molecule has 0 aliphatic carbocycles. The molecule has 2 saturated heterocycles. The molecule has 34 heavy (non-hydrogen) atoms. The number of thiocarbonyl (C=S) groups is 1. The number of ether oxygens (including phenoxy) is 3. The summed E-state index contributed by atoms with van der Waals surface area (Å²) in [5, 5.41) is 3.14. The van der Waals surface area contributed by atoms with E-state index < -0.39 is 35.6 Å². The Labute approximate surface area is 198 Å². The number of nitrogens with one attached hydrogen (secondary N) is 1. The molecular weight excluding hydrogens is 476 g/mol. The fourth-order valence-corrected chi connectivity index (χ4v) is 3.99. The lowest BCUT2D eigenvalue weighted by molar-refractivity contribution is -0.123. The highest BCUT2D eigenvalue weighted by molar-refractivity contribution is 7.80. The zero-order chi connectivity index (χ0) is 24.4. The lowest BCUT2D eigenvalue weighted by Gasteiger charge is -2.18. The average Bonchev–Trinajstić information content (AvgIpc) is 3.42. The average molecular weight is 496 g/mol. The lowest BCUT2D eigenvalue weighted by Crippen LogP contribution is -2.37. The minimum atomic E-state index is -1.64. The molecule has 0 aromatic heterocycles. The van der Waals surface area contributed by atoms with Gasteiger partial charge >= 0.3 is 0 Å². The van der Waals surface area contributed by atoms with Gasteiger partial charge in [-0.1, -0.05) is 6.07 Å². The lowest BCUT2D eigenvalue weighted by atomic mass is 10.1. The summed E-state index contributed by atoms with van der Waals surface area (Å²) < 4.78 is 70.6. The maximum Gasteiger partial charge on any atom is 0.276 e. The molecular formula is C23H20F4N2O4S. The van der Waals surface area contributed by atoms with Crippen molar-refractivity contribution in [2.24, 2.45) is 0 Å². The van der Waals surface area contributed by atoms with Gasteiger partial charge in [-0.15, -0.1) is 0 Å². The summed E-state index contributed by atoms with van der Waals surface area (Å²) in [6.45, 7) is 0.551. The molecule has 2 aliphatic heterocycles. The van der Waals surface area contributed by atoms with Crippen molar-refractivity contribution in [3.8, 4) is 11.5 Å². The molecule has 6 nitrogen and oxygen atoms in total. The van der Waals surface area contributed by atoms with Crippen LogP contribution in [0, 0.1) is 23.3 Å². The van der Waals surface area contributed by atoms with Gasteiger partial charge in [-0.05, 0) is 48.8 Å². The predicted octanol–water partition coefficient (Wildman–Crippen LogP) is 4.07. The summed E-state index contributed by atoms with van der Waals surface area (Å²) in [5.74, 6) is -7.61. The number of methoxy groups -OCH3 is 1. The minimum Gasteiger partial charge on any atom is -0.496 e. The van der Waals surface area contributed by atoms with Crippen LogP contribution in [0.1, 0.15) is 24.0 Å². The van der Waals surface area contributed by atoms with Crippen LogP contribution in [0.2, 0.25) is 0 Å². The molecule has 11 heteroatoms. The summed E-state index contributed by atoms with van der Waals surface area (Å²) in [6.07, 6.45) is 3.27. The largest absolute Gasteiger partial charge is 0.496 e. The van der Waals surface area contributed by atoms with E-state index in [1.165, 1.54) is 12.0 Å². The topological polar surface area (TPSA) is 60.0 Å². The van der Waals surface area contributed by atoms with Crippen molar-refractivity contribution >= 4 is 29.3 Å². The van der Waals surface area contributed by atoms with Crippen LogP contribution in [0.3, 0.4) is 0 Å². The number of halogens is 4. The van der Waals surface area contributed by atoms with Crippen LogP contribution in [0.15, 0.2) is 30.0 Å². The SMILES string of the molecule is COc1ccc(/C=C2/NC(=S)N(CC3CCCO3)C2=O)cc1COc1c(F)c(F)cc(F)c1F. The maximum absolute atomic E-state index is 13.9. The Morgan fingerprint density at radius 2 is 1.94 bits per heavy atom. The van der Waals surface area contributed by atoms with E-state index in [9.17, 15) is 22.4 Å². The standard InChI is InChI=1S/C23H20F4N2O4S/c1-31-18-5-4-12(7-13(18)11-33-21-19(26)15(24)9-16(25)20(21)27)8-17-22(30)29(23(34)28-17)10-14-3-2-6-32-14/h4-5,7-9,14H,2-3,6,10-11H2,1H3,(H,28,34)/b17-8+. The third kappa shape index (κ3) is 4.85. The highest BCUT2D eigenvalue weighted by atomic mass is 32.1. The van der Waals surface area contributed by atoms with Gasteiger partial charge in [0.2, 0.25) is 11.6 Å². The first-order valence-electron chi connectivity index (χ1n) is 10.4. The van der Waals surface area contributed by atoms with E-state index in [-0.39, 0.29) is 28.9 Å². The van der Waals surface area contributed by atoms with Crippen molar-refractivity contribution in [3.05, 3.63) is 64.4 Å². The molecule has 0 saturated carbocycles. The van der Waals surface area contributed by atoms with Gasteiger partial charge in [-0.25, -0.2) is 8.78 Å². The van der Waals surface area contributed by atoms with Crippen LogP contribution in [0.4, 0.5) is 17.6 Å². The Bertz CT molecular complexity index is 1140. The molecule has 2 aromatic carbocycles. The van der Waals surface area contributed by atoms with Crippen molar-refractivity contribution in [1.82, 2.24) is 10.2 Å². The Hall–Kier alpha value is -3.18. The summed E-state index contributed by atoms with van der Waals surface area (Å²) in [4.78, 5) is 14.3. The quantitative estimate of drug-likeness (QED) is 0.270. The van der Waals surface area contributed by atoms with Gasteiger partial charge < -0.3 is 19.5 Å². The van der Waals surface area contributed by atoms with Crippen molar-refractivity contribution in [2.75, 3.05) is 20.3 Å². The summed E-state index contributed by atoms with van der Waals surface area (Å²) in [6, 6.07) is 4.87. The van der Waals surface area contributed by atoms with Crippen molar-refractivity contribution in [1.29, 1.82) is 0 Å². The van der Waals surface area contributed by atoms with Gasteiger partial charge in [-0.2, -0.15) is 8.78 Å². The predicted molar refractivity (Wildman–Crippen MR) is 118 cm³/mol. The molecule has 0 spiro atoms. The van der Waals surface area contributed by atoms with Gasteiger partial charge in [-0.3, -0.25) is 9.69 Å². The molecule has 2 aliphatic rings. The van der Waals surface area contributed by atoms with E-state index >= 15 is 0 Å². The fourth-order valence-electron chi connectivity index (χ4n) is 3.73. The van der Waals surface area contributed by atoms with Crippen molar-refractivity contribution < 1.29 is 36.6 Å². The number of hydrogen-bond acceptors (Lipinski definition) is 5. The highest BCUT2D eigenvalue weighted by Gasteiger charge is 2.33. The van der Waals surface area contributed by atoms with Crippen LogP contribution in [-0.2, 0) is 16.1 Å². The van der Waals surface area contributed by atoms with E-state index in [1.807, 2.05) is 0 Å². The minimum absolute atomic E-state index is 0.0683. The van der Waals surface area contributed by atoms with Crippen LogP contribution in [0.5, 0.6) is 11.5 Å². The van der Waals surface area contributed by atoms with Crippen LogP contribution < -0.4 is 14.8 Å². The smallest absolute Gasteiger partial charge is 0.276 e. The van der Waals surface area contributed by atoms with Crippen LogP contribution in [-0.4, -0.2) is 42.3 Å². The Morgan fingerprint density at radius 1 is 1.21 bits per heavy atom. The van der Waals surface area contributed by atoms with E-state index in [4.69, 9.17) is 26.4 Å². The van der Waals surface area contributed by atoms with Crippen molar-refractivity contribution in [2.45, 2.75) is 25.6 Å². The van der Waals surface area contributed by atoms with Gasteiger partial charge in [0.05, 0.1) is 19.8 Å². The van der Waals surface area contributed by atoms with E-state index in [2.05, 4.69) is 5.32 Å². The second kappa shape index (κ2) is 9.98. The molecule has 1 N–H and O–H groups in total. The zero-order valence-electron chi connectivity index (χ0n) is 18.0. The monoisotopic (exact) mass is 496 g/mol. The Morgan fingerprint density at radius 3 is 2.59 bits per heavy atom. The van der Waals surface area contributed by atoms with E-state index in [0.717, 1.165) is 12.8 Å². The summed E-state index contributed by atoms with van der Waals surface area (Å²) >= 11 is 5.28. The number of hydrogen-bond donors (Lipinski definition) is 1. The number of nitrogens with zero attached hydrogens (tertiary/aromatic N) is 1. The summed E-state index contributed by atoms with van der Waals surface area (Å²) in [5.41, 5.74) is 1.09. The van der Waals surface area contributed by atoms with Gasteiger partial charge in [0, 0.05) is 18.2 Å². The highest BCUT2D eigenvalue weighted by Crippen LogP contribution is 2.29. The van der Waals surface area contributed by atoms with E-state index in [1.54, 1.807) is 24.3 Å².